The van der Waals surface area contributed by atoms with Crippen LogP contribution in [0.3, 0.4) is 0 Å². The largest absolute Gasteiger partial charge is 0.482 e. The summed E-state index contributed by atoms with van der Waals surface area (Å²) in [4.78, 5) is 24.2. The number of rotatable bonds is 7. The van der Waals surface area contributed by atoms with E-state index in [1.54, 1.807) is 54.6 Å². The lowest BCUT2D eigenvalue weighted by atomic mass is 10.1. The highest BCUT2D eigenvalue weighted by Gasteiger charge is 2.06. The first kappa shape index (κ1) is 20.8. The van der Waals surface area contributed by atoms with Crippen LogP contribution in [0.4, 0.5) is 5.69 Å². The molecule has 0 heterocycles. The fourth-order valence-electron chi connectivity index (χ4n) is 2.46. The molecule has 1 N–H and O–H groups in total. The Morgan fingerprint density at radius 3 is 2.34 bits per heavy atom. The van der Waals surface area contributed by atoms with Crippen LogP contribution < -0.4 is 10.1 Å². The smallest absolute Gasteiger partial charge is 0.262 e. The van der Waals surface area contributed by atoms with Crippen molar-refractivity contribution in [1.82, 2.24) is 0 Å². The molecule has 6 heteroatoms. The Hall–Kier alpha value is -2.89. The molecule has 0 aliphatic rings. The van der Waals surface area contributed by atoms with Crippen molar-refractivity contribution in [3.63, 3.8) is 0 Å². The third kappa shape index (κ3) is 6.31. The highest BCUT2D eigenvalue weighted by atomic mass is 79.9. The lowest BCUT2D eigenvalue weighted by Crippen LogP contribution is -2.20. The van der Waals surface area contributed by atoms with Crippen molar-refractivity contribution in [2.75, 3.05) is 11.9 Å². The van der Waals surface area contributed by atoms with Crippen LogP contribution in [0.15, 0.2) is 83.3 Å². The van der Waals surface area contributed by atoms with E-state index in [-0.39, 0.29) is 18.3 Å². The van der Waals surface area contributed by atoms with Gasteiger partial charge in [-0.15, -0.1) is 0 Å². The van der Waals surface area contributed by atoms with Crippen LogP contribution in [0, 0.1) is 0 Å². The van der Waals surface area contributed by atoms with Crippen LogP contribution >= 0.6 is 27.5 Å². The Balaban J connectivity index is 1.53. The Labute approximate surface area is 182 Å². The minimum atomic E-state index is -0.293. The predicted octanol–water partition coefficient (Wildman–Crippen LogP) is 6.02. The number of carbonyl (C=O) groups is 2. The third-order valence-electron chi connectivity index (χ3n) is 3.95. The molecule has 0 aromatic heterocycles. The van der Waals surface area contributed by atoms with Gasteiger partial charge in [0, 0.05) is 15.7 Å². The van der Waals surface area contributed by atoms with Gasteiger partial charge in [-0.05, 0) is 60.2 Å². The van der Waals surface area contributed by atoms with Crippen molar-refractivity contribution < 1.29 is 14.3 Å². The van der Waals surface area contributed by atoms with Gasteiger partial charge in [-0.3, -0.25) is 9.59 Å². The van der Waals surface area contributed by atoms with E-state index in [4.69, 9.17) is 16.3 Å². The van der Waals surface area contributed by atoms with Crippen molar-refractivity contribution in [3.8, 4) is 5.75 Å². The summed E-state index contributed by atoms with van der Waals surface area (Å²) in [6, 6.07) is 21.3. The highest BCUT2D eigenvalue weighted by molar-refractivity contribution is 9.10. The molecular formula is C23H17BrClNO3. The molecule has 146 valence electrons. The van der Waals surface area contributed by atoms with Crippen LogP contribution in [0.1, 0.15) is 15.9 Å². The second-order valence-corrected chi connectivity index (χ2v) is 7.42. The summed E-state index contributed by atoms with van der Waals surface area (Å²) in [5.41, 5.74) is 2.10. The summed E-state index contributed by atoms with van der Waals surface area (Å²) >= 11 is 9.34. The normalized spacial score (nSPS) is 10.7. The third-order valence-corrected chi connectivity index (χ3v) is 4.79. The molecule has 0 aliphatic carbocycles. The van der Waals surface area contributed by atoms with E-state index < -0.39 is 0 Å². The van der Waals surface area contributed by atoms with E-state index in [2.05, 4.69) is 21.2 Å². The fourth-order valence-corrected chi connectivity index (χ4v) is 2.92. The van der Waals surface area contributed by atoms with Crippen LogP contribution in [0.2, 0.25) is 5.02 Å². The average Bonchev–Trinajstić information content (AvgIpc) is 2.73. The quantitative estimate of drug-likeness (QED) is 0.339. The van der Waals surface area contributed by atoms with Crippen LogP contribution in [0.25, 0.3) is 6.08 Å². The zero-order valence-corrected chi connectivity index (χ0v) is 17.6. The Kier molecular flexibility index (Phi) is 7.22. The molecule has 3 rings (SSSR count). The molecule has 4 nitrogen and oxygen atoms in total. The summed E-state index contributed by atoms with van der Waals surface area (Å²) in [7, 11) is 0. The van der Waals surface area contributed by atoms with Crippen LogP contribution in [-0.4, -0.2) is 18.3 Å². The van der Waals surface area contributed by atoms with Crippen molar-refractivity contribution >= 4 is 51.0 Å². The van der Waals surface area contributed by atoms with Gasteiger partial charge >= 0.3 is 0 Å². The van der Waals surface area contributed by atoms with Crippen LogP contribution in [-0.2, 0) is 4.79 Å². The zero-order chi connectivity index (χ0) is 20.6. The number of halogens is 2. The average molecular weight is 471 g/mol. The molecule has 0 radical (unpaired) electrons. The van der Waals surface area contributed by atoms with Gasteiger partial charge in [0.15, 0.2) is 12.4 Å². The minimum absolute atomic E-state index is 0.0772. The van der Waals surface area contributed by atoms with Gasteiger partial charge in [-0.2, -0.15) is 0 Å². The van der Waals surface area contributed by atoms with Gasteiger partial charge in [0.05, 0.1) is 5.02 Å². The van der Waals surface area contributed by atoms with Crippen molar-refractivity contribution in [2.24, 2.45) is 0 Å². The molecular weight excluding hydrogens is 454 g/mol. The molecule has 0 fully saturated rings. The number of carbonyl (C=O) groups excluding carboxylic acids is 2. The first-order chi connectivity index (χ1) is 14.0. The maximum Gasteiger partial charge on any atom is 0.262 e. The Bertz CT molecular complexity index is 1030. The van der Waals surface area contributed by atoms with Gasteiger partial charge < -0.3 is 10.1 Å². The van der Waals surface area contributed by atoms with E-state index >= 15 is 0 Å². The molecule has 29 heavy (non-hydrogen) atoms. The first-order valence-electron chi connectivity index (χ1n) is 8.76. The number of nitrogens with one attached hydrogen (secondary N) is 1. The SMILES string of the molecule is O=C(COc1ccccc1Cl)Nc1ccc(/C=C\C(=O)c2ccc(Br)cc2)cc1. The molecule has 0 saturated heterocycles. The second-order valence-electron chi connectivity index (χ2n) is 6.09. The molecule has 0 unspecified atom stereocenters. The molecule has 1 amide bonds. The number of amides is 1. The van der Waals surface area contributed by atoms with E-state index in [9.17, 15) is 9.59 Å². The minimum Gasteiger partial charge on any atom is -0.482 e. The summed E-state index contributed by atoms with van der Waals surface area (Å²) in [5, 5.41) is 3.21. The van der Waals surface area contributed by atoms with Gasteiger partial charge in [0.2, 0.25) is 0 Å². The maximum atomic E-state index is 12.2. The number of benzene rings is 3. The van der Waals surface area contributed by atoms with E-state index in [1.807, 2.05) is 24.3 Å². The predicted molar refractivity (Wildman–Crippen MR) is 120 cm³/mol. The first-order valence-corrected chi connectivity index (χ1v) is 9.93. The van der Waals surface area contributed by atoms with E-state index in [0.29, 0.717) is 22.0 Å². The van der Waals surface area contributed by atoms with Gasteiger partial charge in [0.25, 0.3) is 5.91 Å². The van der Waals surface area contributed by atoms with Crippen molar-refractivity contribution in [2.45, 2.75) is 0 Å². The monoisotopic (exact) mass is 469 g/mol. The van der Waals surface area contributed by atoms with Crippen molar-refractivity contribution in [1.29, 1.82) is 0 Å². The number of allylic oxidation sites excluding steroid dienone is 1. The van der Waals surface area contributed by atoms with Crippen LogP contribution in [0.5, 0.6) is 5.75 Å². The molecule has 0 bridgehead atoms. The molecule has 0 saturated carbocycles. The lowest BCUT2D eigenvalue weighted by Gasteiger charge is -2.08. The summed E-state index contributed by atoms with van der Waals surface area (Å²) < 4.78 is 6.34. The molecule has 0 spiro atoms. The van der Waals surface area contributed by atoms with Gasteiger partial charge in [-0.25, -0.2) is 0 Å². The molecule has 0 atom stereocenters. The zero-order valence-electron chi connectivity index (χ0n) is 15.3. The summed E-state index contributed by atoms with van der Waals surface area (Å²) in [5.74, 6) is 0.0884. The number of ketones is 1. The summed E-state index contributed by atoms with van der Waals surface area (Å²) in [6.45, 7) is -0.146. The summed E-state index contributed by atoms with van der Waals surface area (Å²) in [6.07, 6.45) is 3.25. The van der Waals surface area contributed by atoms with E-state index in [1.165, 1.54) is 6.08 Å². The second kappa shape index (κ2) is 10.0. The number of hydrogen-bond acceptors (Lipinski definition) is 3. The molecule has 0 aliphatic heterocycles. The number of para-hydroxylation sites is 1. The number of anilines is 1. The van der Waals surface area contributed by atoms with Gasteiger partial charge in [0.1, 0.15) is 5.75 Å². The Morgan fingerprint density at radius 2 is 1.66 bits per heavy atom. The number of ether oxygens (including phenoxy) is 1. The molecule has 3 aromatic rings. The molecule has 3 aromatic carbocycles. The highest BCUT2D eigenvalue weighted by Crippen LogP contribution is 2.23. The van der Waals surface area contributed by atoms with Crippen molar-refractivity contribution in [3.05, 3.63) is 99.5 Å². The Morgan fingerprint density at radius 1 is 0.966 bits per heavy atom. The van der Waals surface area contributed by atoms with E-state index in [0.717, 1.165) is 10.0 Å². The standard InChI is InChI=1S/C23H17BrClNO3/c24-18-10-8-17(9-11-18)21(27)14-7-16-5-12-19(13-6-16)26-23(28)15-29-22-4-2-1-3-20(22)25/h1-14H,15H2,(H,26,28)/b14-7-. The maximum absolute atomic E-state index is 12.2. The lowest BCUT2D eigenvalue weighted by molar-refractivity contribution is -0.118. The number of hydrogen-bond donors (Lipinski definition) is 1. The fraction of sp³-hybridized carbons (Fsp3) is 0.0435. The topological polar surface area (TPSA) is 55.4 Å². The van der Waals surface area contributed by atoms with Gasteiger partial charge in [-0.1, -0.05) is 57.9 Å².